The Morgan fingerprint density at radius 2 is 0.481 bits per heavy atom. The zero-order chi connectivity index (χ0) is 58.5. The van der Waals surface area contributed by atoms with E-state index in [1.807, 2.05) is 0 Å². The van der Waals surface area contributed by atoms with Crippen LogP contribution in [-0.2, 0) is 28.6 Å². The van der Waals surface area contributed by atoms with Crippen LogP contribution in [-0.4, -0.2) is 37.2 Å². The molecule has 0 aliphatic heterocycles. The van der Waals surface area contributed by atoms with E-state index in [1.54, 1.807) is 0 Å². The first-order valence-electron chi connectivity index (χ1n) is 34.4. The largest absolute Gasteiger partial charge is 0.462 e. The van der Waals surface area contributed by atoms with Crippen LogP contribution in [0.15, 0.2) is 109 Å². The normalized spacial score (nSPS) is 12.8. The first-order chi connectivity index (χ1) is 40.0. The number of unbranched alkanes of at least 4 members (excludes halogenated alkanes) is 33. The van der Waals surface area contributed by atoms with Gasteiger partial charge in [0.15, 0.2) is 6.10 Å². The minimum atomic E-state index is -0.794. The molecule has 0 saturated carbocycles. The molecule has 0 saturated heterocycles. The summed E-state index contributed by atoms with van der Waals surface area (Å²) in [5, 5.41) is 0. The topological polar surface area (TPSA) is 78.9 Å². The molecule has 0 aliphatic carbocycles. The van der Waals surface area contributed by atoms with Crippen LogP contribution in [0.4, 0.5) is 0 Å². The fourth-order valence-electron chi connectivity index (χ4n) is 9.66. The Hall–Kier alpha value is -3.93. The quantitative estimate of drug-likeness (QED) is 0.0261. The Morgan fingerprint density at radius 3 is 0.765 bits per heavy atom. The molecule has 0 radical (unpaired) electrons. The predicted molar refractivity (Wildman–Crippen MR) is 353 cm³/mol. The Bertz CT molecular complexity index is 1620. The van der Waals surface area contributed by atoms with E-state index in [4.69, 9.17) is 14.2 Å². The van der Waals surface area contributed by atoms with Crippen molar-refractivity contribution in [1.82, 2.24) is 0 Å². The molecule has 1 atom stereocenters. The van der Waals surface area contributed by atoms with E-state index in [9.17, 15) is 14.4 Å². The fraction of sp³-hybridized carbons (Fsp3) is 0.720. The highest BCUT2D eigenvalue weighted by Gasteiger charge is 2.19. The maximum absolute atomic E-state index is 12.9. The lowest BCUT2D eigenvalue weighted by atomic mass is 10.0. The van der Waals surface area contributed by atoms with E-state index in [0.717, 1.165) is 128 Å². The summed E-state index contributed by atoms with van der Waals surface area (Å²) < 4.78 is 16.9. The summed E-state index contributed by atoms with van der Waals surface area (Å²) in [7, 11) is 0. The van der Waals surface area contributed by atoms with Gasteiger partial charge in [-0.3, -0.25) is 14.4 Å². The van der Waals surface area contributed by atoms with Crippen LogP contribution in [0.5, 0.6) is 0 Å². The second kappa shape index (κ2) is 68.6. The zero-order valence-electron chi connectivity index (χ0n) is 53.3. The van der Waals surface area contributed by atoms with E-state index in [1.165, 1.54) is 161 Å². The molecule has 0 spiro atoms. The molecule has 0 bridgehead atoms. The molecule has 0 aliphatic rings. The van der Waals surface area contributed by atoms with Gasteiger partial charge in [-0.05, 0) is 122 Å². The summed E-state index contributed by atoms with van der Waals surface area (Å²) in [6, 6.07) is 0. The van der Waals surface area contributed by atoms with E-state index in [0.29, 0.717) is 19.3 Å². The molecule has 0 amide bonds. The number of esters is 3. The number of carbonyl (C=O) groups excluding carboxylic acids is 3. The minimum Gasteiger partial charge on any atom is -0.462 e. The van der Waals surface area contributed by atoms with Crippen molar-refractivity contribution in [3.05, 3.63) is 109 Å². The van der Waals surface area contributed by atoms with Crippen molar-refractivity contribution in [2.45, 2.75) is 335 Å². The van der Waals surface area contributed by atoms with Gasteiger partial charge in [0.1, 0.15) is 13.2 Å². The van der Waals surface area contributed by atoms with Crippen LogP contribution >= 0.6 is 0 Å². The van der Waals surface area contributed by atoms with Crippen LogP contribution in [0.1, 0.15) is 329 Å². The summed E-state index contributed by atoms with van der Waals surface area (Å²) in [4.78, 5) is 38.3. The van der Waals surface area contributed by atoms with Gasteiger partial charge < -0.3 is 14.2 Å². The second-order valence-electron chi connectivity index (χ2n) is 22.7. The molecule has 0 heterocycles. The lowest BCUT2D eigenvalue weighted by Gasteiger charge is -2.18. The van der Waals surface area contributed by atoms with Gasteiger partial charge in [0.25, 0.3) is 0 Å². The molecule has 464 valence electrons. The Balaban J connectivity index is 4.18. The van der Waals surface area contributed by atoms with E-state index in [2.05, 4.69) is 130 Å². The van der Waals surface area contributed by atoms with Gasteiger partial charge in [0.05, 0.1) is 0 Å². The van der Waals surface area contributed by atoms with Crippen molar-refractivity contribution >= 4 is 17.9 Å². The molecular formula is C75H128O6. The molecular weight excluding hydrogens is 997 g/mol. The molecule has 0 fully saturated rings. The highest BCUT2D eigenvalue weighted by atomic mass is 16.6. The Labute approximate surface area is 501 Å². The molecule has 6 nitrogen and oxygen atoms in total. The third kappa shape index (κ3) is 66.8. The number of hydrogen-bond donors (Lipinski definition) is 0. The summed E-state index contributed by atoms with van der Waals surface area (Å²) in [5.41, 5.74) is 0. The number of rotatable bonds is 62. The van der Waals surface area contributed by atoms with Crippen LogP contribution in [0.25, 0.3) is 0 Å². The van der Waals surface area contributed by atoms with Crippen molar-refractivity contribution in [2.24, 2.45) is 0 Å². The number of ether oxygens (including phenoxy) is 3. The van der Waals surface area contributed by atoms with E-state index in [-0.39, 0.29) is 31.1 Å². The molecule has 6 heteroatoms. The van der Waals surface area contributed by atoms with E-state index < -0.39 is 6.10 Å². The Morgan fingerprint density at radius 1 is 0.259 bits per heavy atom. The number of carbonyl (C=O) groups is 3. The standard InChI is InChI=1S/C75H128O6/c1-4-7-10-13-16-19-22-25-27-29-30-31-32-33-34-35-36-37-38-39-40-41-42-43-44-46-47-50-53-56-59-62-65-68-74(77)80-71-72(70-79-73(76)67-64-61-58-55-52-49-24-21-18-15-12-9-6-3)81-75(78)69-66-63-60-57-54-51-48-45-28-26-23-20-17-14-11-8-5-2/h7-8,10-11,16-17,19-21,24-28,30-31,48,51,72H,4-6,9,12-15,18,22-23,29,32-47,49-50,52-71H2,1-3H3/b10-7-,11-8-,19-16-,20-17-,24-21-,27-25-,28-26-,31-30-,51-48-. The summed E-state index contributed by atoms with van der Waals surface area (Å²) in [5.74, 6) is -0.909. The van der Waals surface area contributed by atoms with Gasteiger partial charge in [-0.2, -0.15) is 0 Å². The molecule has 0 aromatic heterocycles. The first kappa shape index (κ1) is 77.1. The van der Waals surface area contributed by atoms with Crippen molar-refractivity contribution in [1.29, 1.82) is 0 Å². The first-order valence-corrected chi connectivity index (χ1v) is 34.4. The maximum Gasteiger partial charge on any atom is 0.306 e. The fourth-order valence-corrected chi connectivity index (χ4v) is 9.66. The lowest BCUT2D eigenvalue weighted by molar-refractivity contribution is -0.167. The second-order valence-corrected chi connectivity index (χ2v) is 22.7. The van der Waals surface area contributed by atoms with Gasteiger partial charge >= 0.3 is 17.9 Å². The summed E-state index contributed by atoms with van der Waals surface area (Å²) in [6.07, 6.45) is 94.1. The Kier molecular flexibility index (Phi) is 65.2. The molecule has 0 aromatic rings. The van der Waals surface area contributed by atoms with Crippen molar-refractivity contribution < 1.29 is 28.6 Å². The maximum atomic E-state index is 12.9. The van der Waals surface area contributed by atoms with Gasteiger partial charge in [-0.1, -0.05) is 297 Å². The SMILES string of the molecule is CC/C=C\C/C=C\C/C=C\C/C=C\CCCCCCCCCCCCCCCCCCCCCCC(=O)OCC(COC(=O)CCCCCCC/C=C\CCCCCC)OC(=O)CCCCCC/C=C\C/C=C\C/C=C\C/C=C\CC. The summed E-state index contributed by atoms with van der Waals surface area (Å²) in [6.45, 7) is 6.40. The van der Waals surface area contributed by atoms with Gasteiger partial charge in [0, 0.05) is 19.3 Å². The smallest absolute Gasteiger partial charge is 0.306 e. The highest BCUT2D eigenvalue weighted by molar-refractivity contribution is 5.71. The van der Waals surface area contributed by atoms with Gasteiger partial charge in [0.2, 0.25) is 0 Å². The zero-order valence-corrected chi connectivity index (χ0v) is 53.3. The number of hydrogen-bond acceptors (Lipinski definition) is 6. The molecule has 0 rings (SSSR count). The lowest BCUT2D eigenvalue weighted by Crippen LogP contribution is -2.30. The van der Waals surface area contributed by atoms with Crippen LogP contribution in [0.3, 0.4) is 0 Å². The van der Waals surface area contributed by atoms with Gasteiger partial charge in [-0.25, -0.2) is 0 Å². The van der Waals surface area contributed by atoms with Crippen molar-refractivity contribution in [3.8, 4) is 0 Å². The summed E-state index contributed by atoms with van der Waals surface area (Å²) >= 11 is 0. The molecule has 0 N–H and O–H groups in total. The average molecular weight is 1130 g/mol. The van der Waals surface area contributed by atoms with Gasteiger partial charge in [-0.15, -0.1) is 0 Å². The molecule has 1 unspecified atom stereocenters. The van der Waals surface area contributed by atoms with E-state index >= 15 is 0 Å². The van der Waals surface area contributed by atoms with Crippen LogP contribution in [0, 0.1) is 0 Å². The monoisotopic (exact) mass is 1120 g/mol. The van der Waals surface area contributed by atoms with Crippen molar-refractivity contribution in [3.63, 3.8) is 0 Å². The number of allylic oxidation sites excluding steroid dienone is 18. The average Bonchev–Trinajstić information content (AvgIpc) is 3.46. The molecule has 81 heavy (non-hydrogen) atoms. The predicted octanol–water partition coefficient (Wildman–Crippen LogP) is 23.8. The van der Waals surface area contributed by atoms with Crippen LogP contribution < -0.4 is 0 Å². The van der Waals surface area contributed by atoms with Crippen LogP contribution in [0.2, 0.25) is 0 Å². The van der Waals surface area contributed by atoms with Crippen molar-refractivity contribution in [2.75, 3.05) is 13.2 Å². The molecule has 0 aromatic carbocycles. The highest BCUT2D eigenvalue weighted by Crippen LogP contribution is 2.17. The third-order valence-electron chi connectivity index (χ3n) is 14.7. The third-order valence-corrected chi connectivity index (χ3v) is 14.7. The minimum absolute atomic E-state index is 0.0881.